The summed E-state index contributed by atoms with van der Waals surface area (Å²) in [6.45, 7) is 5.34. The summed E-state index contributed by atoms with van der Waals surface area (Å²) in [7, 11) is 0. The number of carbonyl (C=O) groups is 1. The van der Waals surface area contributed by atoms with Crippen molar-refractivity contribution in [1.82, 2.24) is 10.7 Å². The van der Waals surface area contributed by atoms with E-state index in [-0.39, 0.29) is 5.82 Å². The van der Waals surface area contributed by atoms with Gasteiger partial charge in [0.1, 0.15) is 5.60 Å². The molecule has 6 heteroatoms. The molecule has 0 saturated carbocycles. The van der Waals surface area contributed by atoms with Gasteiger partial charge in [0.25, 0.3) is 0 Å². The molecule has 0 spiro atoms. The molecule has 1 N–H and O–H groups in total. The van der Waals surface area contributed by atoms with Crippen LogP contribution in [0.3, 0.4) is 0 Å². The smallest absolute Gasteiger partial charge is 0.413 e. The van der Waals surface area contributed by atoms with Crippen LogP contribution in [0.4, 0.5) is 4.79 Å². The average Bonchev–Trinajstić information content (AvgIpc) is 2.34. The lowest BCUT2D eigenvalue weighted by Crippen LogP contribution is -2.31. The van der Waals surface area contributed by atoms with Crippen LogP contribution in [-0.2, 0) is 4.74 Å². The molecular formula is C7H11N4O2. The van der Waals surface area contributed by atoms with E-state index in [1.165, 1.54) is 6.20 Å². The zero-order valence-corrected chi connectivity index (χ0v) is 7.74. The van der Waals surface area contributed by atoms with Crippen molar-refractivity contribution in [2.75, 3.05) is 0 Å². The largest absolute Gasteiger partial charge is 0.444 e. The van der Waals surface area contributed by atoms with Crippen LogP contribution in [0.15, 0.2) is 22.4 Å². The van der Waals surface area contributed by atoms with E-state index in [1.807, 2.05) is 0 Å². The monoisotopic (exact) mass is 183 g/mol. The van der Waals surface area contributed by atoms with E-state index >= 15 is 0 Å². The van der Waals surface area contributed by atoms with E-state index in [2.05, 4.69) is 21.1 Å². The van der Waals surface area contributed by atoms with Crippen LogP contribution in [0.25, 0.3) is 0 Å². The van der Waals surface area contributed by atoms with Gasteiger partial charge in [0, 0.05) is 0 Å². The Balaban J connectivity index is 2.38. The van der Waals surface area contributed by atoms with Crippen molar-refractivity contribution >= 4 is 6.09 Å². The van der Waals surface area contributed by atoms with Crippen LogP contribution < -0.4 is 10.7 Å². The summed E-state index contributed by atoms with van der Waals surface area (Å²) < 4.78 is 4.97. The molecule has 1 aliphatic rings. The third kappa shape index (κ3) is 3.55. The molecule has 0 aromatic carbocycles. The highest BCUT2D eigenvalue weighted by Crippen LogP contribution is 2.08. The van der Waals surface area contributed by atoms with Gasteiger partial charge in [0.2, 0.25) is 0 Å². The Morgan fingerprint density at radius 3 is 2.69 bits per heavy atom. The molecule has 0 aromatic rings. The van der Waals surface area contributed by atoms with Gasteiger partial charge in [-0.15, -0.1) is 10.5 Å². The lowest BCUT2D eigenvalue weighted by molar-refractivity contribution is 0.0545. The fraction of sp³-hybridized carbons (Fsp3) is 0.571. The number of alkyl carbamates (subject to hydrolysis) is 1. The second kappa shape index (κ2) is 3.42. The standard InChI is InChI=1S/C7H11N4O2/c1-7(2,3)13-6(12)9-5-4-8-11-10-5/h4H,1-3H3,(H,9,12). The summed E-state index contributed by atoms with van der Waals surface area (Å²) in [5, 5.41) is 9.20. The highest BCUT2D eigenvalue weighted by Gasteiger charge is 2.17. The summed E-state index contributed by atoms with van der Waals surface area (Å²) in [5.74, 6) is 0.286. The lowest BCUT2D eigenvalue weighted by Gasteiger charge is -2.19. The molecule has 1 heterocycles. The molecule has 0 unspecified atom stereocenters. The SMILES string of the molecule is CC(C)(C)OC(=O)NC1=C[N]N=N1. The van der Waals surface area contributed by atoms with Gasteiger partial charge >= 0.3 is 6.09 Å². The normalized spacial score (nSPS) is 14.8. The van der Waals surface area contributed by atoms with E-state index in [9.17, 15) is 4.79 Å². The van der Waals surface area contributed by atoms with Crippen molar-refractivity contribution in [2.24, 2.45) is 10.3 Å². The summed E-state index contributed by atoms with van der Waals surface area (Å²) >= 11 is 0. The zero-order chi connectivity index (χ0) is 9.90. The minimum Gasteiger partial charge on any atom is -0.444 e. The highest BCUT2D eigenvalue weighted by atomic mass is 16.6. The maximum atomic E-state index is 11.1. The first-order valence-corrected chi connectivity index (χ1v) is 3.78. The van der Waals surface area contributed by atoms with Gasteiger partial charge in [0.05, 0.1) is 6.20 Å². The van der Waals surface area contributed by atoms with Gasteiger partial charge in [-0.25, -0.2) is 4.79 Å². The van der Waals surface area contributed by atoms with E-state index in [4.69, 9.17) is 4.74 Å². The fourth-order valence-corrected chi connectivity index (χ4v) is 0.646. The van der Waals surface area contributed by atoms with E-state index in [0.717, 1.165) is 0 Å². The molecule has 1 rings (SSSR count). The molecule has 0 saturated heterocycles. The van der Waals surface area contributed by atoms with Gasteiger partial charge in [-0.2, -0.15) is 0 Å². The van der Waals surface area contributed by atoms with Crippen LogP contribution in [0.2, 0.25) is 0 Å². The number of ether oxygens (including phenoxy) is 1. The Morgan fingerprint density at radius 1 is 1.54 bits per heavy atom. The average molecular weight is 183 g/mol. The van der Waals surface area contributed by atoms with Crippen molar-refractivity contribution in [2.45, 2.75) is 26.4 Å². The van der Waals surface area contributed by atoms with E-state index < -0.39 is 11.7 Å². The first-order chi connectivity index (χ1) is 5.97. The number of nitrogens with one attached hydrogen (secondary N) is 1. The molecule has 71 valence electrons. The number of hydrogen-bond acceptors (Lipinski definition) is 4. The van der Waals surface area contributed by atoms with Gasteiger partial charge in [0.15, 0.2) is 5.82 Å². The Hall–Kier alpha value is -1.59. The first-order valence-electron chi connectivity index (χ1n) is 3.78. The summed E-state index contributed by atoms with van der Waals surface area (Å²) in [6, 6.07) is 0. The van der Waals surface area contributed by atoms with Crippen LogP contribution in [0.1, 0.15) is 20.8 Å². The maximum absolute atomic E-state index is 11.1. The van der Waals surface area contributed by atoms with E-state index in [1.54, 1.807) is 20.8 Å². The lowest BCUT2D eigenvalue weighted by atomic mass is 10.2. The number of hydrogen-bond donors (Lipinski definition) is 1. The quantitative estimate of drug-likeness (QED) is 0.665. The van der Waals surface area contributed by atoms with Crippen LogP contribution in [0.5, 0.6) is 0 Å². The molecule has 0 fully saturated rings. The molecule has 1 radical (unpaired) electrons. The predicted octanol–water partition coefficient (Wildman–Crippen LogP) is 1.30. The van der Waals surface area contributed by atoms with Crippen molar-refractivity contribution < 1.29 is 9.53 Å². The third-order valence-electron chi connectivity index (χ3n) is 1.01. The Labute approximate surface area is 76.0 Å². The topological polar surface area (TPSA) is 77.1 Å². The molecule has 0 atom stereocenters. The number of rotatable bonds is 1. The summed E-state index contributed by atoms with van der Waals surface area (Å²) in [5.41, 5.74) is 2.92. The summed E-state index contributed by atoms with van der Waals surface area (Å²) in [6.07, 6.45) is 0.777. The Bertz CT molecular complexity index is 264. The van der Waals surface area contributed by atoms with Crippen molar-refractivity contribution in [3.63, 3.8) is 0 Å². The van der Waals surface area contributed by atoms with Crippen LogP contribution >= 0.6 is 0 Å². The molecule has 0 bridgehead atoms. The predicted molar refractivity (Wildman–Crippen MR) is 44.4 cm³/mol. The fourth-order valence-electron chi connectivity index (χ4n) is 0.646. The Kier molecular flexibility index (Phi) is 2.50. The molecule has 6 nitrogen and oxygen atoms in total. The minimum atomic E-state index is -0.560. The second-order valence-electron chi connectivity index (χ2n) is 3.45. The van der Waals surface area contributed by atoms with Crippen molar-refractivity contribution in [3.05, 3.63) is 12.0 Å². The van der Waals surface area contributed by atoms with Gasteiger partial charge in [-0.3, -0.25) is 5.32 Å². The number of carbonyl (C=O) groups excluding carboxylic acids is 1. The number of nitrogens with zero attached hydrogens (tertiary/aromatic N) is 3. The number of amides is 1. The Morgan fingerprint density at radius 2 is 2.23 bits per heavy atom. The van der Waals surface area contributed by atoms with Gasteiger partial charge in [-0.05, 0) is 26.0 Å². The highest BCUT2D eigenvalue weighted by molar-refractivity contribution is 5.69. The molecule has 1 amide bonds. The van der Waals surface area contributed by atoms with Crippen LogP contribution in [0, 0.1) is 0 Å². The molecule has 0 aliphatic carbocycles. The van der Waals surface area contributed by atoms with Crippen LogP contribution in [-0.4, -0.2) is 11.7 Å². The zero-order valence-electron chi connectivity index (χ0n) is 7.74. The molecule has 13 heavy (non-hydrogen) atoms. The summed E-state index contributed by atoms with van der Waals surface area (Å²) in [4.78, 5) is 11.1. The second-order valence-corrected chi connectivity index (χ2v) is 3.45. The third-order valence-corrected chi connectivity index (χ3v) is 1.01. The molecule has 0 aromatic heterocycles. The maximum Gasteiger partial charge on any atom is 0.413 e. The molecule has 1 aliphatic heterocycles. The first kappa shape index (κ1) is 9.50. The molecular weight excluding hydrogens is 172 g/mol. The van der Waals surface area contributed by atoms with Crippen molar-refractivity contribution in [1.29, 1.82) is 0 Å². The minimum absolute atomic E-state index is 0.286. The van der Waals surface area contributed by atoms with Gasteiger partial charge in [-0.1, -0.05) is 0 Å². The van der Waals surface area contributed by atoms with Crippen molar-refractivity contribution in [3.8, 4) is 0 Å². The van der Waals surface area contributed by atoms with E-state index in [0.29, 0.717) is 0 Å². The van der Waals surface area contributed by atoms with Gasteiger partial charge < -0.3 is 4.74 Å².